The number of imide groups is 1. The summed E-state index contributed by atoms with van der Waals surface area (Å²) in [5.74, 6) is -0.775. The summed E-state index contributed by atoms with van der Waals surface area (Å²) in [7, 11) is 1.53. The SMILES string of the molecule is COc1ccc(N2C(=O)[C@H](CC(=O)Nc3ccc(F)cc3)N(Cc3ccc(C)cc3)C2=O)cc1. The van der Waals surface area contributed by atoms with Gasteiger partial charge in [0, 0.05) is 12.2 Å². The van der Waals surface area contributed by atoms with Gasteiger partial charge in [0.25, 0.3) is 5.91 Å². The van der Waals surface area contributed by atoms with Crippen LogP contribution in [0, 0.1) is 12.7 Å². The first kappa shape index (κ1) is 23.0. The fourth-order valence-electron chi connectivity index (χ4n) is 3.79. The number of hydrogen-bond donors (Lipinski definition) is 1. The normalized spacial score (nSPS) is 15.6. The van der Waals surface area contributed by atoms with Crippen LogP contribution in [0.5, 0.6) is 5.75 Å². The van der Waals surface area contributed by atoms with Crippen molar-refractivity contribution < 1.29 is 23.5 Å². The number of urea groups is 1. The van der Waals surface area contributed by atoms with Crippen LogP contribution < -0.4 is 15.0 Å². The number of carbonyl (C=O) groups excluding carboxylic acids is 3. The smallest absolute Gasteiger partial charge is 0.332 e. The van der Waals surface area contributed by atoms with Crippen molar-refractivity contribution in [2.75, 3.05) is 17.3 Å². The van der Waals surface area contributed by atoms with Crippen LogP contribution in [0.4, 0.5) is 20.6 Å². The second-order valence-corrected chi connectivity index (χ2v) is 8.04. The molecular formula is C26H24FN3O4. The molecule has 4 amide bonds. The molecule has 1 aliphatic rings. The molecule has 1 heterocycles. The van der Waals surface area contributed by atoms with E-state index in [2.05, 4.69) is 5.32 Å². The van der Waals surface area contributed by atoms with Crippen molar-refractivity contribution in [1.82, 2.24) is 4.90 Å². The van der Waals surface area contributed by atoms with Gasteiger partial charge in [-0.15, -0.1) is 0 Å². The van der Waals surface area contributed by atoms with Crippen LogP contribution in [0.25, 0.3) is 0 Å². The quantitative estimate of drug-likeness (QED) is 0.525. The first-order valence-corrected chi connectivity index (χ1v) is 10.8. The molecule has 3 aromatic rings. The Hall–Kier alpha value is -4.20. The summed E-state index contributed by atoms with van der Waals surface area (Å²) in [6.45, 7) is 2.13. The lowest BCUT2D eigenvalue weighted by Crippen LogP contribution is -2.37. The first-order chi connectivity index (χ1) is 16.4. The topological polar surface area (TPSA) is 79.0 Å². The Balaban J connectivity index is 1.59. The van der Waals surface area contributed by atoms with Crippen LogP contribution in [-0.4, -0.2) is 35.9 Å². The average Bonchev–Trinajstić information content (AvgIpc) is 3.06. The van der Waals surface area contributed by atoms with Crippen LogP contribution in [0.15, 0.2) is 72.8 Å². The maximum atomic E-state index is 13.4. The van der Waals surface area contributed by atoms with Gasteiger partial charge in [-0.3, -0.25) is 9.59 Å². The van der Waals surface area contributed by atoms with Gasteiger partial charge in [0.05, 0.1) is 19.2 Å². The van der Waals surface area contributed by atoms with Gasteiger partial charge in [-0.1, -0.05) is 29.8 Å². The minimum Gasteiger partial charge on any atom is -0.497 e. The molecule has 7 nitrogen and oxygen atoms in total. The standard InChI is InChI=1S/C26H24FN3O4/c1-17-3-5-18(6-4-17)16-29-23(15-24(31)28-20-9-7-19(27)8-10-20)25(32)30(26(29)33)21-11-13-22(34-2)14-12-21/h3-14,23H,15-16H2,1-2H3,(H,28,31)/t23-/m0/s1. The average molecular weight is 461 g/mol. The third kappa shape index (κ3) is 4.91. The fourth-order valence-corrected chi connectivity index (χ4v) is 3.79. The lowest BCUT2D eigenvalue weighted by molar-refractivity contribution is -0.124. The Kier molecular flexibility index (Phi) is 6.58. The molecule has 0 bridgehead atoms. The van der Waals surface area contributed by atoms with E-state index in [9.17, 15) is 18.8 Å². The van der Waals surface area contributed by atoms with E-state index in [0.717, 1.165) is 16.0 Å². The summed E-state index contributed by atoms with van der Waals surface area (Å²) in [5, 5.41) is 2.66. The van der Waals surface area contributed by atoms with Crippen LogP contribution in [-0.2, 0) is 16.1 Å². The lowest BCUT2D eigenvalue weighted by Gasteiger charge is -2.22. The van der Waals surface area contributed by atoms with E-state index < -0.39 is 29.7 Å². The molecule has 1 N–H and O–H groups in total. The molecule has 0 spiro atoms. The molecule has 0 unspecified atom stereocenters. The molecule has 1 aliphatic heterocycles. The largest absolute Gasteiger partial charge is 0.497 e. The van der Waals surface area contributed by atoms with E-state index in [4.69, 9.17) is 4.74 Å². The highest BCUT2D eigenvalue weighted by molar-refractivity contribution is 6.22. The predicted octanol–water partition coefficient (Wildman–Crippen LogP) is 4.51. The highest BCUT2D eigenvalue weighted by Gasteiger charge is 2.46. The molecule has 1 atom stereocenters. The lowest BCUT2D eigenvalue weighted by atomic mass is 10.1. The van der Waals surface area contributed by atoms with Crippen molar-refractivity contribution in [3.05, 3.63) is 89.7 Å². The fraction of sp³-hybridized carbons (Fsp3) is 0.192. The Labute approximate surface area is 196 Å². The van der Waals surface area contributed by atoms with Crippen molar-refractivity contribution in [3.8, 4) is 5.75 Å². The van der Waals surface area contributed by atoms with Gasteiger partial charge in [-0.25, -0.2) is 14.1 Å². The zero-order valence-electron chi connectivity index (χ0n) is 18.8. The van der Waals surface area contributed by atoms with Crippen LogP contribution in [0.3, 0.4) is 0 Å². The Morgan fingerprint density at radius 1 is 0.971 bits per heavy atom. The van der Waals surface area contributed by atoms with Gasteiger partial charge in [0.15, 0.2) is 0 Å². The summed E-state index contributed by atoms with van der Waals surface area (Å²) in [4.78, 5) is 42.0. The number of halogens is 1. The molecule has 1 saturated heterocycles. The van der Waals surface area contributed by atoms with Crippen molar-refractivity contribution in [3.63, 3.8) is 0 Å². The zero-order chi connectivity index (χ0) is 24.2. The molecule has 0 radical (unpaired) electrons. The molecule has 8 heteroatoms. The predicted molar refractivity (Wildman–Crippen MR) is 126 cm³/mol. The molecular weight excluding hydrogens is 437 g/mol. The number of anilines is 2. The number of methoxy groups -OCH3 is 1. The Bertz CT molecular complexity index is 1190. The molecule has 174 valence electrons. The molecule has 3 aromatic carbocycles. The molecule has 4 rings (SSSR count). The van der Waals surface area contributed by atoms with E-state index in [-0.39, 0.29) is 13.0 Å². The molecule has 0 aliphatic carbocycles. The molecule has 34 heavy (non-hydrogen) atoms. The Morgan fingerprint density at radius 3 is 2.24 bits per heavy atom. The number of rotatable bonds is 7. The summed E-state index contributed by atoms with van der Waals surface area (Å²) >= 11 is 0. The summed E-state index contributed by atoms with van der Waals surface area (Å²) in [6, 6.07) is 18.0. The minimum absolute atomic E-state index is 0.173. The number of amides is 4. The molecule has 1 fully saturated rings. The van der Waals surface area contributed by atoms with Gasteiger partial charge in [0.2, 0.25) is 5.91 Å². The van der Waals surface area contributed by atoms with Gasteiger partial charge >= 0.3 is 6.03 Å². The number of hydrogen-bond acceptors (Lipinski definition) is 4. The van der Waals surface area contributed by atoms with Crippen LogP contribution in [0.2, 0.25) is 0 Å². The Morgan fingerprint density at radius 2 is 1.62 bits per heavy atom. The monoisotopic (exact) mass is 461 g/mol. The van der Waals surface area contributed by atoms with Crippen LogP contribution >= 0.6 is 0 Å². The number of nitrogens with one attached hydrogen (secondary N) is 1. The van der Waals surface area contributed by atoms with E-state index in [1.165, 1.54) is 36.3 Å². The second-order valence-electron chi connectivity index (χ2n) is 8.04. The van der Waals surface area contributed by atoms with Gasteiger partial charge < -0.3 is 15.0 Å². The number of carbonyl (C=O) groups is 3. The van der Waals surface area contributed by atoms with Crippen molar-refractivity contribution in [2.24, 2.45) is 0 Å². The first-order valence-electron chi connectivity index (χ1n) is 10.8. The highest BCUT2D eigenvalue weighted by atomic mass is 19.1. The molecule has 0 aromatic heterocycles. The van der Waals surface area contributed by atoms with Gasteiger partial charge in [-0.05, 0) is 61.0 Å². The third-order valence-electron chi connectivity index (χ3n) is 5.63. The van der Waals surface area contributed by atoms with E-state index >= 15 is 0 Å². The van der Waals surface area contributed by atoms with Crippen molar-refractivity contribution >= 4 is 29.2 Å². The summed E-state index contributed by atoms with van der Waals surface area (Å²) < 4.78 is 18.3. The van der Waals surface area contributed by atoms with E-state index in [1.54, 1.807) is 24.3 Å². The van der Waals surface area contributed by atoms with Gasteiger partial charge in [0.1, 0.15) is 17.6 Å². The van der Waals surface area contributed by atoms with Crippen molar-refractivity contribution in [2.45, 2.75) is 25.9 Å². The molecule has 0 saturated carbocycles. The highest BCUT2D eigenvalue weighted by Crippen LogP contribution is 2.30. The maximum Gasteiger partial charge on any atom is 0.332 e. The van der Waals surface area contributed by atoms with E-state index in [0.29, 0.717) is 17.1 Å². The van der Waals surface area contributed by atoms with Crippen LogP contribution in [0.1, 0.15) is 17.5 Å². The number of nitrogens with zero attached hydrogens (tertiary/aromatic N) is 2. The van der Waals surface area contributed by atoms with Crippen molar-refractivity contribution in [1.29, 1.82) is 0 Å². The van der Waals surface area contributed by atoms with E-state index in [1.807, 2.05) is 31.2 Å². The summed E-state index contributed by atoms with van der Waals surface area (Å²) in [5.41, 5.74) is 2.71. The summed E-state index contributed by atoms with van der Waals surface area (Å²) in [6.07, 6.45) is -0.236. The maximum absolute atomic E-state index is 13.4. The number of benzene rings is 3. The second kappa shape index (κ2) is 9.74. The minimum atomic E-state index is -0.989. The zero-order valence-corrected chi connectivity index (χ0v) is 18.8. The van der Waals surface area contributed by atoms with Gasteiger partial charge in [-0.2, -0.15) is 0 Å². The number of aryl methyl sites for hydroxylation is 1. The number of ether oxygens (including phenoxy) is 1. The third-order valence-corrected chi connectivity index (χ3v) is 5.63.